The van der Waals surface area contributed by atoms with E-state index in [-0.39, 0.29) is 11.8 Å². The summed E-state index contributed by atoms with van der Waals surface area (Å²) >= 11 is 0. The Morgan fingerprint density at radius 1 is 1.21 bits per heavy atom. The van der Waals surface area contributed by atoms with E-state index in [1.165, 1.54) is 37.8 Å². The number of aromatic amines is 1. The van der Waals surface area contributed by atoms with Crippen molar-refractivity contribution in [3.05, 3.63) is 29.8 Å². The van der Waals surface area contributed by atoms with Crippen molar-refractivity contribution in [2.75, 3.05) is 5.32 Å². The van der Waals surface area contributed by atoms with Gasteiger partial charge >= 0.3 is 0 Å². The number of amides is 1. The molecule has 4 rings (SSSR count). The van der Waals surface area contributed by atoms with E-state index < -0.39 is 0 Å². The SMILES string of the molecule is Cc1nc(-c2ccnc(NC(=O)C3CC3)c2)c(C2CCCCC2)[nH]1. The summed E-state index contributed by atoms with van der Waals surface area (Å²) in [5.74, 6) is 2.41. The second-order valence-corrected chi connectivity index (χ2v) is 7.11. The highest BCUT2D eigenvalue weighted by Gasteiger charge is 2.30. The normalized spacial score (nSPS) is 18.5. The van der Waals surface area contributed by atoms with Gasteiger partial charge in [0.05, 0.1) is 5.69 Å². The number of pyridine rings is 1. The van der Waals surface area contributed by atoms with Gasteiger partial charge in [0.2, 0.25) is 5.91 Å². The van der Waals surface area contributed by atoms with Gasteiger partial charge in [-0.05, 0) is 44.7 Å². The van der Waals surface area contributed by atoms with Crippen LogP contribution in [0.1, 0.15) is 62.4 Å². The van der Waals surface area contributed by atoms with E-state index in [9.17, 15) is 4.79 Å². The molecule has 1 amide bonds. The van der Waals surface area contributed by atoms with E-state index in [4.69, 9.17) is 4.98 Å². The number of anilines is 1. The lowest BCUT2D eigenvalue weighted by Gasteiger charge is -2.21. The first kappa shape index (κ1) is 15.4. The number of aryl methyl sites for hydroxylation is 1. The molecule has 2 fully saturated rings. The van der Waals surface area contributed by atoms with Crippen LogP contribution < -0.4 is 5.32 Å². The lowest BCUT2D eigenvalue weighted by atomic mass is 9.85. The molecule has 2 aliphatic carbocycles. The highest BCUT2D eigenvalue weighted by molar-refractivity contribution is 5.93. The van der Waals surface area contributed by atoms with Crippen LogP contribution >= 0.6 is 0 Å². The quantitative estimate of drug-likeness (QED) is 0.886. The van der Waals surface area contributed by atoms with Crippen molar-refractivity contribution in [2.45, 2.75) is 57.8 Å². The molecule has 2 heterocycles. The van der Waals surface area contributed by atoms with Crippen LogP contribution in [0.5, 0.6) is 0 Å². The molecule has 24 heavy (non-hydrogen) atoms. The van der Waals surface area contributed by atoms with Gasteiger partial charge in [-0.3, -0.25) is 4.79 Å². The van der Waals surface area contributed by atoms with Crippen molar-refractivity contribution >= 4 is 11.7 Å². The van der Waals surface area contributed by atoms with E-state index in [0.29, 0.717) is 11.7 Å². The van der Waals surface area contributed by atoms with E-state index in [0.717, 1.165) is 29.9 Å². The number of aromatic nitrogens is 3. The van der Waals surface area contributed by atoms with Crippen molar-refractivity contribution in [3.63, 3.8) is 0 Å². The van der Waals surface area contributed by atoms with Crippen LogP contribution in [-0.4, -0.2) is 20.9 Å². The molecule has 2 aliphatic rings. The van der Waals surface area contributed by atoms with Gasteiger partial charge in [-0.25, -0.2) is 9.97 Å². The number of H-pyrrole nitrogens is 1. The zero-order valence-corrected chi connectivity index (χ0v) is 14.1. The van der Waals surface area contributed by atoms with Crippen molar-refractivity contribution in [3.8, 4) is 11.3 Å². The van der Waals surface area contributed by atoms with Crippen LogP contribution in [-0.2, 0) is 4.79 Å². The molecule has 0 spiro atoms. The minimum absolute atomic E-state index is 0.0883. The number of nitrogens with zero attached hydrogens (tertiary/aromatic N) is 2. The maximum atomic E-state index is 12.0. The van der Waals surface area contributed by atoms with Gasteiger partial charge < -0.3 is 10.3 Å². The van der Waals surface area contributed by atoms with Gasteiger partial charge in [0.15, 0.2) is 0 Å². The number of hydrogen-bond donors (Lipinski definition) is 2. The summed E-state index contributed by atoms with van der Waals surface area (Å²) < 4.78 is 0. The summed E-state index contributed by atoms with van der Waals surface area (Å²) in [6.45, 7) is 2.01. The van der Waals surface area contributed by atoms with E-state index >= 15 is 0 Å². The Labute approximate surface area is 142 Å². The molecule has 0 unspecified atom stereocenters. The summed E-state index contributed by atoms with van der Waals surface area (Å²) in [7, 11) is 0. The fourth-order valence-electron chi connectivity index (χ4n) is 3.64. The third-order valence-corrected chi connectivity index (χ3v) is 5.10. The van der Waals surface area contributed by atoms with E-state index in [2.05, 4.69) is 15.3 Å². The molecule has 0 aliphatic heterocycles. The molecule has 2 saturated carbocycles. The summed E-state index contributed by atoms with van der Waals surface area (Å²) in [4.78, 5) is 24.5. The van der Waals surface area contributed by atoms with Gasteiger partial charge in [-0.15, -0.1) is 0 Å². The van der Waals surface area contributed by atoms with Crippen LogP contribution in [0.25, 0.3) is 11.3 Å². The predicted octanol–water partition coefficient (Wildman–Crippen LogP) is 4.18. The van der Waals surface area contributed by atoms with Crippen molar-refractivity contribution in [1.29, 1.82) is 0 Å². The third kappa shape index (κ3) is 3.21. The van der Waals surface area contributed by atoms with Crippen molar-refractivity contribution in [1.82, 2.24) is 15.0 Å². The Morgan fingerprint density at radius 3 is 2.75 bits per heavy atom. The topological polar surface area (TPSA) is 70.7 Å². The van der Waals surface area contributed by atoms with Gasteiger partial charge in [-0.2, -0.15) is 0 Å². The fraction of sp³-hybridized carbons (Fsp3) is 0.526. The van der Waals surface area contributed by atoms with Crippen LogP contribution in [0.2, 0.25) is 0 Å². The van der Waals surface area contributed by atoms with Crippen molar-refractivity contribution in [2.24, 2.45) is 5.92 Å². The molecule has 2 aromatic rings. The zero-order chi connectivity index (χ0) is 16.5. The van der Waals surface area contributed by atoms with Crippen molar-refractivity contribution < 1.29 is 4.79 Å². The number of carbonyl (C=O) groups is 1. The Bertz CT molecular complexity index is 742. The van der Waals surface area contributed by atoms with Gasteiger partial charge in [-0.1, -0.05) is 19.3 Å². The van der Waals surface area contributed by atoms with Crippen LogP contribution in [0.3, 0.4) is 0 Å². The summed E-state index contributed by atoms with van der Waals surface area (Å²) in [6, 6.07) is 3.93. The van der Waals surface area contributed by atoms with Gasteiger partial charge in [0.1, 0.15) is 11.6 Å². The minimum Gasteiger partial charge on any atom is -0.345 e. The minimum atomic E-state index is 0.0883. The highest BCUT2D eigenvalue weighted by atomic mass is 16.2. The molecule has 5 nitrogen and oxygen atoms in total. The number of rotatable bonds is 4. The van der Waals surface area contributed by atoms with Crippen LogP contribution in [0.15, 0.2) is 18.3 Å². The zero-order valence-electron chi connectivity index (χ0n) is 14.1. The van der Waals surface area contributed by atoms with Gasteiger partial charge in [0.25, 0.3) is 0 Å². The Hall–Kier alpha value is -2.17. The predicted molar refractivity (Wildman–Crippen MR) is 93.7 cm³/mol. The second kappa shape index (κ2) is 6.38. The Kier molecular flexibility index (Phi) is 4.08. The first-order chi connectivity index (χ1) is 11.7. The highest BCUT2D eigenvalue weighted by Crippen LogP contribution is 2.37. The molecular weight excluding hydrogens is 300 g/mol. The molecule has 0 bridgehead atoms. The Morgan fingerprint density at radius 2 is 2.00 bits per heavy atom. The molecule has 0 saturated heterocycles. The van der Waals surface area contributed by atoms with Gasteiger partial charge in [0, 0.05) is 29.3 Å². The second-order valence-electron chi connectivity index (χ2n) is 7.11. The standard InChI is InChI=1S/C19H24N4O/c1-12-21-17(13-5-3-2-4-6-13)18(22-12)15-9-10-20-16(11-15)23-19(24)14-7-8-14/h9-11,13-14H,2-8H2,1H3,(H,21,22)(H,20,23,24). The number of nitrogens with one attached hydrogen (secondary N) is 2. The summed E-state index contributed by atoms with van der Waals surface area (Å²) in [5.41, 5.74) is 3.29. The lowest BCUT2D eigenvalue weighted by Crippen LogP contribution is -2.14. The maximum absolute atomic E-state index is 12.0. The number of carbonyl (C=O) groups excluding carboxylic acids is 1. The molecular formula is C19H24N4O. The third-order valence-electron chi connectivity index (χ3n) is 5.10. The molecule has 5 heteroatoms. The largest absolute Gasteiger partial charge is 0.345 e. The van der Waals surface area contributed by atoms with Crippen LogP contribution in [0.4, 0.5) is 5.82 Å². The summed E-state index contributed by atoms with van der Waals surface area (Å²) in [6.07, 6.45) is 10.1. The lowest BCUT2D eigenvalue weighted by molar-refractivity contribution is -0.117. The first-order valence-corrected chi connectivity index (χ1v) is 9.04. The molecule has 0 aromatic carbocycles. The molecule has 126 valence electrons. The van der Waals surface area contributed by atoms with Crippen LogP contribution in [0, 0.1) is 12.8 Å². The fourth-order valence-corrected chi connectivity index (χ4v) is 3.64. The van der Waals surface area contributed by atoms with E-state index in [1.807, 2.05) is 19.1 Å². The molecule has 0 radical (unpaired) electrons. The first-order valence-electron chi connectivity index (χ1n) is 9.04. The maximum Gasteiger partial charge on any atom is 0.228 e. The summed E-state index contributed by atoms with van der Waals surface area (Å²) in [5, 5.41) is 2.93. The average molecular weight is 324 g/mol. The monoisotopic (exact) mass is 324 g/mol. The smallest absolute Gasteiger partial charge is 0.228 e. The molecule has 2 N–H and O–H groups in total. The van der Waals surface area contributed by atoms with E-state index in [1.54, 1.807) is 6.20 Å². The number of hydrogen-bond acceptors (Lipinski definition) is 3. The molecule has 0 atom stereocenters. The Balaban J connectivity index is 1.62. The average Bonchev–Trinajstić information content (AvgIpc) is 3.38. The molecule has 2 aromatic heterocycles. The number of imidazole rings is 1.